The molecule has 10 rings (SSSR count). The molecule has 0 saturated carbocycles. The first kappa shape index (κ1) is 29.7. The van der Waals surface area contributed by atoms with E-state index in [2.05, 4.69) is 204 Å². The molecule has 242 valence electrons. The lowest BCUT2D eigenvalue weighted by Gasteiger charge is -2.32. The average molecular weight is 671 g/mol. The number of nitrogens with zero attached hydrogens (tertiary/aromatic N) is 2. The molecule has 0 spiro atoms. The Labute approximate surface area is 302 Å². The molecular formula is C48H34N2S. The lowest BCUT2D eigenvalue weighted by Crippen LogP contribution is -2.29. The van der Waals surface area contributed by atoms with Crippen LogP contribution in [-0.2, 0) is 0 Å². The Kier molecular flexibility index (Phi) is 7.18. The molecular weight excluding hydrogens is 637 g/mol. The fourth-order valence-electron chi connectivity index (χ4n) is 8.05. The van der Waals surface area contributed by atoms with Gasteiger partial charge >= 0.3 is 0 Å². The van der Waals surface area contributed by atoms with Crippen LogP contribution in [0.15, 0.2) is 194 Å². The summed E-state index contributed by atoms with van der Waals surface area (Å²) in [5.41, 5.74) is 12.2. The van der Waals surface area contributed by atoms with Gasteiger partial charge in [-0.05, 0) is 76.9 Å². The molecule has 2 atom stereocenters. The number of hydrogen-bond acceptors (Lipinski definition) is 3. The molecule has 2 unspecified atom stereocenters. The van der Waals surface area contributed by atoms with Crippen LogP contribution in [0.25, 0.3) is 36.9 Å². The zero-order chi connectivity index (χ0) is 33.7. The van der Waals surface area contributed by atoms with Gasteiger partial charge in [0, 0.05) is 60.1 Å². The van der Waals surface area contributed by atoms with E-state index in [1.54, 1.807) is 0 Å². The summed E-state index contributed by atoms with van der Waals surface area (Å²) in [7, 11) is 0. The van der Waals surface area contributed by atoms with E-state index < -0.39 is 0 Å². The smallest absolute Gasteiger partial charge is 0.0635 e. The van der Waals surface area contributed by atoms with Crippen LogP contribution >= 0.6 is 11.3 Å². The van der Waals surface area contributed by atoms with Gasteiger partial charge in [-0.25, -0.2) is 0 Å². The monoisotopic (exact) mass is 670 g/mol. The van der Waals surface area contributed by atoms with Gasteiger partial charge in [0.2, 0.25) is 0 Å². The van der Waals surface area contributed by atoms with E-state index in [1.807, 2.05) is 11.3 Å². The molecule has 0 fully saturated rings. The Morgan fingerprint density at radius 2 is 1.14 bits per heavy atom. The van der Waals surface area contributed by atoms with Gasteiger partial charge in [0.15, 0.2) is 0 Å². The number of rotatable bonds is 6. The quantitative estimate of drug-likeness (QED) is 0.174. The molecule has 7 aromatic carbocycles. The molecule has 51 heavy (non-hydrogen) atoms. The normalized spacial score (nSPS) is 16.2. The Morgan fingerprint density at radius 3 is 1.98 bits per heavy atom. The van der Waals surface area contributed by atoms with Crippen LogP contribution in [0.4, 0.5) is 28.4 Å². The first-order valence-corrected chi connectivity index (χ1v) is 18.4. The van der Waals surface area contributed by atoms with Gasteiger partial charge in [0.25, 0.3) is 0 Å². The predicted molar refractivity (Wildman–Crippen MR) is 218 cm³/mol. The van der Waals surface area contributed by atoms with Crippen LogP contribution < -0.4 is 9.80 Å². The molecule has 1 aromatic heterocycles. The molecule has 1 aliphatic heterocycles. The molecule has 0 N–H and O–H groups in total. The van der Waals surface area contributed by atoms with Crippen LogP contribution in [0.5, 0.6) is 0 Å². The Balaban J connectivity index is 1.05. The third-order valence-electron chi connectivity index (χ3n) is 10.4. The highest BCUT2D eigenvalue weighted by Crippen LogP contribution is 2.51. The molecule has 1 aliphatic carbocycles. The average Bonchev–Trinajstić information content (AvgIpc) is 3.74. The van der Waals surface area contributed by atoms with Crippen LogP contribution in [-0.4, -0.2) is 6.04 Å². The number of fused-ring (bicyclic) bond motifs is 6. The number of allylic oxidation sites excluding steroid dienone is 2. The number of anilines is 5. The number of benzene rings is 7. The van der Waals surface area contributed by atoms with E-state index in [4.69, 9.17) is 0 Å². The van der Waals surface area contributed by atoms with Crippen LogP contribution in [0.3, 0.4) is 0 Å². The minimum Gasteiger partial charge on any atom is -0.333 e. The molecule has 0 radical (unpaired) electrons. The van der Waals surface area contributed by atoms with Gasteiger partial charge < -0.3 is 9.80 Å². The molecule has 3 heteroatoms. The van der Waals surface area contributed by atoms with Crippen molar-refractivity contribution in [1.82, 2.24) is 0 Å². The Hall–Kier alpha value is -6.16. The maximum Gasteiger partial charge on any atom is 0.0635 e. The third-order valence-corrected chi connectivity index (χ3v) is 11.5. The summed E-state index contributed by atoms with van der Waals surface area (Å²) in [4.78, 5) is 4.93. The van der Waals surface area contributed by atoms with Crippen molar-refractivity contribution in [1.29, 1.82) is 0 Å². The maximum atomic E-state index is 2.56. The Bertz CT molecular complexity index is 2600. The molecule has 8 aromatic rings. The van der Waals surface area contributed by atoms with Crippen molar-refractivity contribution in [2.45, 2.75) is 12.0 Å². The molecule has 0 saturated heterocycles. The summed E-state index contributed by atoms with van der Waals surface area (Å²) >= 11 is 1.86. The molecule has 0 bridgehead atoms. The highest BCUT2D eigenvalue weighted by Gasteiger charge is 2.39. The number of thiophene rings is 1. The fourth-order valence-corrected chi connectivity index (χ4v) is 9.18. The van der Waals surface area contributed by atoms with Crippen molar-refractivity contribution in [3.8, 4) is 11.1 Å². The van der Waals surface area contributed by atoms with Gasteiger partial charge in [-0.1, -0.05) is 140 Å². The lowest BCUT2D eigenvalue weighted by molar-refractivity contribution is 0.747. The van der Waals surface area contributed by atoms with Crippen LogP contribution in [0, 0.1) is 0 Å². The van der Waals surface area contributed by atoms with E-state index in [0.717, 1.165) is 17.1 Å². The van der Waals surface area contributed by atoms with Crippen molar-refractivity contribution >= 4 is 65.5 Å². The van der Waals surface area contributed by atoms with Gasteiger partial charge in [-0.3, -0.25) is 0 Å². The summed E-state index contributed by atoms with van der Waals surface area (Å²) in [5, 5.41) is 2.63. The van der Waals surface area contributed by atoms with Crippen molar-refractivity contribution < 1.29 is 0 Å². The third kappa shape index (κ3) is 5.09. The van der Waals surface area contributed by atoms with Gasteiger partial charge in [0.05, 0.1) is 6.04 Å². The molecule has 2 nitrogen and oxygen atoms in total. The largest absolute Gasteiger partial charge is 0.333 e. The van der Waals surface area contributed by atoms with E-state index >= 15 is 0 Å². The van der Waals surface area contributed by atoms with Gasteiger partial charge in [0.1, 0.15) is 0 Å². The lowest BCUT2D eigenvalue weighted by atomic mass is 9.86. The second-order valence-corrected chi connectivity index (χ2v) is 14.4. The Morgan fingerprint density at radius 1 is 0.490 bits per heavy atom. The van der Waals surface area contributed by atoms with Crippen molar-refractivity contribution in [2.24, 2.45) is 0 Å². The number of para-hydroxylation sites is 3. The van der Waals surface area contributed by atoms with E-state index in [9.17, 15) is 0 Å². The summed E-state index contributed by atoms with van der Waals surface area (Å²) < 4.78 is 2.62. The van der Waals surface area contributed by atoms with Crippen molar-refractivity contribution in [2.75, 3.05) is 9.80 Å². The van der Waals surface area contributed by atoms with Gasteiger partial charge in [-0.15, -0.1) is 11.3 Å². The van der Waals surface area contributed by atoms with E-state index in [0.29, 0.717) is 5.92 Å². The standard InChI is InChI=1S/C48H34N2S/c1-3-13-33(14-4-1)35-25-29-41-40-18-8-11-21-45(40)50(46(41)31-35)44-20-10-7-17-39(44)34-23-26-37(27-24-34)49(36-15-5-2-6-16-36)38-28-30-43-42-19-9-12-22-47(42)51-48(43)32-38/h1-32,41,46H. The van der Waals surface area contributed by atoms with E-state index in [1.165, 1.54) is 59.4 Å². The summed E-state index contributed by atoms with van der Waals surface area (Å²) in [6.45, 7) is 0. The maximum absolute atomic E-state index is 2.56. The minimum absolute atomic E-state index is 0.181. The molecule has 2 heterocycles. The van der Waals surface area contributed by atoms with Crippen LogP contribution in [0.1, 0.15) is 17.0 Å². The fraction of sp³-hybridized carbons (Fsp3) is 0.0417. The second kappa shape index (κ2) is 12.3. The van der Waals surface area contributed by atoms with Gasteiger partial charge in [-0.2, -0.15) is 0 Å². The zero-order valence-corrected chi connectivity index (χ0v) is 28.7. The highest BCUT2D eigenvalue weighted by molar-refractivity contribution is 7.25. The van der Waals surface area contributed by atoms with E-state index in [-0.39, 0.29) is 6.04 Å². The summed E-state index contributed by atoms with van der Waals surface area (Å²) in [6, 6.07) is 64.1. The highest BCUT2D eigenvalue weighted by atomic mass is 32.1. The zero-order valence-electron chi connectivity index (χ0n) is 27.9. The predicted octanol–water partition coefficient (Wildman–Crippen LogP) is 13.4. The van der Waals surface area contributed by atoms with Crippen LogP contribution in [0.2, 0.25) is 0 Å². The SMILES string of the molecule is C1=CC2c3ccccc3N(c3ccccc3-c3ccc(N(c4ccccc4)c4ccc5c(c4)sc4ccccc45)cc3)C2C=C1c1ccccc1. The first-order chi connectivity index (χ1) is 25.3. The first-order valence-electron chi connectivity index (χ1n) is 17.6. The summed E-state index contributed by atoms with van der Waals surface area (Å²) in [6.07, 6.45) is 7.17. The molecule has 0 amide bonds. The summed E-state index contributed by atoms with van der Waals surface area (Å²) in [5.74, 6) is 0.293. The minimum atomic E-state index is 0.181. The van der Waals surface area contributed by atoms with Crippen molar-refractivity contribution in [3.63, 3.8) is 0 Å². The van der Waals surface area contributed by atoms with Crippen molar-refractivity contribution in [3.05, 3.63) is 205 Å². The second-order valence-electron chi connectivity index (χ2n) is 13.3. The topological polar surface area (TPSA) is 6.48 Å². The number of hydrogen-bond donors (Lipinski definition) is 0. The molecule has 2 aliphatic rings.